The maximum atomic E-state index is 6.01. The number of hydrogen-bond acceptors (Lipinski definition) is 0. The highest BCUT2D eigenvalue weighted by atomic mass is 35.5. The monoisotopic (exact) mass is 186 g/mol. The van der Waals surface area contributed by atoms with Crippen LogP contribution in [0.5, 0.6) is 0 Å². The first-order chi connectivity index (χ1) is 5.68. The maximum absolute atomic E-state index is 6.01. The molecule has 0 heterocycles. The number of alkyl halides is 1. The predicted molar refractivity (Wildman–Crippen MR) is 55.6 cm³/mol. The third kappa shape index (κ3) is 2.52. The average Bonchev–Trinajstić information content (AvgIpc) is 2.50. The van der Waals surface area contributed by atoms with Gasteiger partial charge < -0.3 is 0 Å². The van der Waals surface area contributed by atoms with Crippen molar-refractivity contribution in [2.75, 3.05) is 5.88 Å². The molecule has 1 aliphatic rings. The van der Waals surface area contributed by atoms with E-state index in [9.17, 15) is 0 Å². The van der Waals surface area contributed by atoms with Crippen molar-refractivity contribution in [3.8, 4) is 0 Å². The molecule has 12 heavy (non-hydrogen) atoms. The Hall–Kier alpha value is 0.0300. The Morgan fingerprint density at radius 3 is 2.33 bits per heavy atom. The molecule has 0 aromatic carbocycles. The second-order valence-electron chi connectivity index (χ2n) is 4.45. The summed E-state index contributed by atoms with van der Waals surface area (Å²) in [4.78, 5) is 0. The van der Waals surface area contributed by atoms with Crippen LogP contribution in [0.2, 0.25) is 0 Å². The van der Waals surface area contributed by atoms with E-state index in [0.717, 1.165) is 11.8 Å². The third-order valence-electron chi connectivity index (χ3n) is 2.80. The number of halogens is 1. The van der Waals surface area contributed by atoms with Crippen LogP contribution in [0.25, 0.3) is 0 Å². The smallest absolute Gasteiger partial charge is 0.0285 e. The molecule has 0 aromatic heterocycles. The summed E-state index contributed by atoms with van der Waals surface area (Å²) in [5.41, 5.74) is 0.422. The molecule has 0 amide bonds. The molecule has 0 aliphatic heterocycles. The van der Waals surface area contributed by atoms with Gasteiger partial charge in [0.25, 0.3) is 0 Å². The Morgan fingerprint density at radius 1 is 1.33 bits per heavy atom. The zero-order valence-corrected chi connectivity index (χ0v) is 8.90. The molecule has 0 saturated carbocycles. The molecule has 0 radical (unpaired) electrons. The van der Waals surface area contributed by atoms with Crippen molar-refractivity contribution in [1.29, 1.82) is 0 Å². The van der Waals surface area contributed by atoms with Gasteiger partial charge in [0.2, 0.25) is 0 Å². The maximum Gasteiger partial charge on any atom is 0.0285 e. The Balaban J connectivity index is 2.35. The summed E-state index contributed by atoms with van der Waals surface area (Å²) in [6.45, 7) is 4.56. The van der Waals surface area contributed by atoms with Crippen LogP contribution in [0.3, 0.4) is 0 Å². The van der Waals surface area contributed by atoms with Gasteiger partial charge in [-0.3, -0.25) is 0 Å². The fraction of sp³-hybridized carbons (Fsp3) is 0.818. The molecule has 0 aromatic rings. The minimum Gasteiger partial charge on any atom is -0.126 e. The van der Waals surface area contributed by atoms with Gasteiger partial charge in [-0.15, -0.1) is 11.6 Å². The van der Waals surface area contributed by atoms with E-state index in [-0.39, 0.29) is 0 Å². The molecule has 0 spiro atoms. The molecule has 0 atom stereocenters. The van der Waals surface area contributed by atoms with E-state index < -0.39 is 0 Å². The number of allylic oxidation sites excluding steroid dienone is 2. The fourth-order valence-electron chi connectivity index (χ4n) is 1.72. The van der Waals surface area contributed by atoms with E-state index >= 15 is 0 Å². The van der Waals surface area contributed by atoms with Crippen LogP contribution in [-0.2, 0) is 0 Å². The molecular weight excluding hydrogens is 168 g/mol. The van der Waals surface area contributed by atoms with Crippen molar-refractivity contribution in [2.24, 2.45) is 11.3 Å². The van der Waals surface area contributed by atoms with Gasteiger partial charge in [0.1, 0.15) is 0 Å². The molecule has 0 nitrogen and oxygen atoms in total. The average molecular weight is 187 g/mol. The van der Waals surface area contributed by atoms with Gasteiger partial charge >= 0.3 is 0 Å². The zero-order valence-electron chi connectivity index (χ0n) is 8.15. The van der Waals surface area contributed by atoms with E-state index in [1.54, 1.807) is 0 Å². The fourth-order valence-corrected chi connectivity index (χ4v) is 2.08. The Kier molecular flexibility index (Phi) is 3.64. The van der Waals surface area contributed by atoms with Gasteiger partial charge in [-0.2, -0.15) is 0 Å². The zero-order chi connectivity index (χ0) is 9.03. The summed E-state index contributed by atoms with van der Waals surface area (Å²) in [7, 11) is 0. The van der Waals surface area contributed by atoms with E-state index in [4.69, 9.17) is 11.6 Å². The lowest BCUT2D eigenvalue weighted by Gasteiger charge is -2.26. The van der Waals surface area contributed by atoms with Crippen LogP contribution in [0.15, 0.2) is 12.2 Å². The van der Waals surface area contributed by atoms with Gasteiger partial charge in [-0.05, 0) is 30.6 Å². The molecule has 0 unspecified atom stereocenters. The highest BCUT2D eigenvalue weighted by Crippen LogP contribution is 2.39. The van der Waals surface area contributed by atoms with Crippen molar-refractivity contribution in [1.82, 2.24) is 0 Å². The summed E-state index contributed by atoms with van der Waals surface area (Å²) in [6, 6.07) is 0. The number of rotatable bonds is 4. The van der Waals surface area contributed by atoms with Crippen LogP contribution in [-0.4, -0.2) is 5.88 Å². The minimum atomic E-state index is 0.422. The summed E-state index contributed by atoms with van der Waals surface area (Å²) in [5.74, 6) is 1.64. The highest BCUT2D eigenvalue weighted by molar-refractivity contribution is 6.18. The van der Waals surface area contributed by atoms with Crippen LogP contribution in [0, 0.1) is 11.3 Å². The van der Waals surface area contributed by atoms with Crippen LogP contribution in [0.4, 0.5) is 0 Å². The lowest BCUT2D eigenvalue weighted by molar-refractivity contribution is 0.298. The summed E-state index contributed by atoms with van der Waals surface area (Å²) in [6.07, 6.45) is 9.56. The SMILES string of the molecule is CC(C)CCC1(CCl)CC=CC1. The first-order valence-corrected chi connectivity index (χ1v) is 5.43. The quantitative estimate of drug-likeness (QED) is 0.460. The molecule has 0 saturated heterocycles. The molecule has 0 bridgehead atoms. The van der Waals surface area contributed by atoms with E-state index in [1.165, 1.54) is 25.7 Å². The Morgan fingerprint density at radius 2 is 1.92 bits per heavy atom. The first-order valence-electron chi connectivity index (χ1n) is 4.89. The van der Waals surface area contributed by atoms with Crippen molar-refractivity contribution < 1.29 is 0 Å². The minimum absolute atomic E-state index is 0.422. The van der Waals surface area contributed by atoms with Crippen LogP contribution >= 0.6 is 11.6 Å². The molecule has 1 aliphatic carbocycles. The molecule has 70 valence electrons. The van der Waals surface area contributed by atoms with E-state index in [2.05, 4.69) is 26.0 Å². The van der Waals surface area contributed by atoms with Crippen LogP contribution in [0.1, 0.15) is 39.5 Å². The number of hydrogen-bond donors (Lipinski definition) is 0. The second-order valence-corrected chi connectivity index (χ2v) is 4.71. The summed E-state index contributed by atoms with van der Waals surface area (Å²) in [5, 5.41) is 0. The molecule has 1 rings (SSSR count). The van der Waals surface area contributed by atoms with Crippen molar-refractivity contribution in [3.63, 3.8) is 0 Å². The predicted octanol–water partition coefficient (Wildman–Crippen LogP) is 4.00. The van der Waals surface area contributed by atoms with Crippen molar-refractivity contribution in [3.05, 3.63) is 12.2 Å². The van der Waals surface area contributed by atoms with E-state index in [1.807, 2.05) is 0 Å². The highest BCUT2D eigenvalue weighted by Gasteiger charge is 2.29. The van der Waals surface area contributed by atoms with Gasteiger partial charge in [0.05, 0.1) is 0 Å². The Labute approximate surface area is 81.0 Å². The third-order valence-corrected chi connectivity index (χ3v) is 3.37. The molecular formula is C11H19Cl. The summed E-state index contributed by atoms with van der Waals surface area (Å²) >= 11 is 6.01. The van der Waals surface area contributed by atoms with Crippen molar-refractivity contribution >= 4 is 11.6 Å². The largest absolute Gasteiger partial charge is 0.126 e. The van der Waals surface area contributed by atoms with Gasteiger partial charge in [-0.25, -0.2) is 0 Å². The lowest BCUT2D eigenvalue weighted by Crippen LogP contribution is -2.19. The molecule has 0 fully saturated rings. The van der Waals surface area contributed by atoms with Gasteiger partial charge in [0, 0.05) is 5.88 Å². The molecule has 1 heteroatoms. The lowest BCUT2D eigenvalue weighted by atomic mass is 9.81. The van der Waals surface area contributed by atoms with Crippen LogP contribution < -0.4 is 0 Å². The standard InChI is InChI=1S/C11H19Cl/c1-10(2)5-8-11(9-12)6-3-4-7-11/h3-4,10H,5-9H2,1-2H3. The van der Waals surface area contributed by atoms with Gasteiger partial charge in [-0.1, -0.05) is 32.4 Å². The first kappa shape index (κ1) is 10.1. The Bertz CT molecular complexity index is 150. The normalized spacial score (nSPS) is 20.7. The summed E-state index contributed by atoms with van der Waals surface area (Å²) < 4.78 is 0. The van der Waals surface area contributed by atoms with Gasteiger partial charge in [0.15, 0.2) is 0 Å². The topological polar surface area (TPSA) is 0 Å². The van der Waals surface area contributed by atoms with Crippen molar-refractivity contribution in [2.45, 2.75) is 39.5 Å². The van der Waals surface area contributed by atoms with E-state index in [0.29, 0.717) is 5.41 Å². The molecule has 0 N–H and O–H groups in total. The second kappa shape index (κ2) is 4.32.